The second-order valence-corrected chi connectivity index (χ2v) is 3.85. The van der Waals surface area contributed by atoms with Crippen molar-refractivity contribution >= 4 is 5.97 Å². The lowest BCUT2D eigenvalue weighted by atomic mass is 10.1. The Hall–Kier alpha value is -1.86. The van der Waals surface area contributed by atoms with Crippen molar-refractivity contribution in [1.29, 1.82) is 5.26 Å². The molecule has 0 aromatic heterocycles. The number of carbonyl (C=O) groups is 1. The van der Waals surface area contributed by atoms with Crippen molar-refractivity contribution in [2.45, 2.75) is 13.5 Å². The van der Waals surface area contributed by atoms with Gasteiger partial charge in [-0.2, -0.15) is 5.26 Å². The number of methoxy groups -OCH3 is 1. The van der Waals surface area contributed by atoms with Crippen LogP contribution in [0.2, 0.25) is 0 Å². The fraction of sp³-hybridized carbons (Fsp3) is 0.385. The molecule has 0 heterocycles. The van der Waals surface area contributed by atoms with E-state index in [1.807, 2.05) is 19.1 Å². The van der Waals surface area contributed by atoms with Crippen LogP contribution < -0.4 is 5.32 Å². The van der Waals surface area contributed by atoms with Crippen LogP contribution in [0.5, 0.6) is 0 Å². The molecule has 0 aliphatic heterocycles. The molecule has 1 unspecified atom stereocenters. The molecule has 0 saturated heterocycles. The SMILES string of the molecule is COC(=O)c1ccc(CNCC(C)C#N)cc1. The number of hydrogen-bond donors (Lipinski definition) is 1. The highest BCUT2D eigenvalue weighted by Gasteiger charge is 2.04. The number of nitrogens with zero attached hydrogens (tertiary/aromatic N) is 1. The van der Waals surface area contributed by atoms with Gasteiger partial charge in [-0.1, -0.05) is 12.1 Å². The van der Waals surface area contributed by atoms with Gasteiger partial charge in [0.25, 0.3) is 0 Å². The average molecular weight is 232 g/mol. The van der Waals surface area contributed by atoms with Gasteiger partial charge in [0.15, 0.2) is 0 Å². The van der Waals surface area contributed by atoms with Gasteiger partial charge in [-0.05, 0) is 24.6 Å². The molecule has 0 bridgehead atoms. The third-order valence-corrected chi connectivity index (χ3v) is 2.38. The van der Waals surface area contributed by atoms with E-state index in [1.54, 1.807) is 12.1 Å². The number of benzene rings is 1. The molecule has 90 valence electrons. The Balaban J connectivity index is 2.46. The number of esters is 1. The quantitative estimate of drug-likeness (QED) is 0.785. The predicted octanol–water partition coefficient (Wildman–Crippen LogP) is 1.72. The summed E-state index contributed by atoms with van der Waals surface area (Å²) >= 11 is 0. The molecular weight excluding hydrogens is 216 g/mol. The van der Waals surface area contributed by atoms with Crippen LogP contribution in [0.4, 0.5) is 0 Å². The van der Waals surface area contributed by atoms with Crippen molar-refractivity contribution in [3.8, 4) is 6.07 Å². The molecule has 17 heavy (non-hydrogen) atoms. The Kier molecular flexibility index (Phi) is 5.18. The Morgan fingerprint density at radius 3 is 2.65 bits per heavy atom. The van der Waals surface area contributed by atoms with E-state index in [0.29, 0.717) is 18.7 Å². The molecule has 1 atom stereocenters. The first-order valence-corrected chi connectivity index (χ1v) is 5.45. The van der Waals surface area contributed by atoms with E-state index in [4.69, 9.17) is 5.26 Å². The molecule has 1 rings (SSSR count). The number of hydrogen-bond acceptors (Lipinski definition) is 4. The summed E-state index contributed by atoms with van der Waals surface area (Å²) in [5.41, 5.74) is 1.62. The summed E-state index contributed by atoms with van der Waals surface area (Å²) in [4.78, 5) is 11.2. The molecule has 1 aromatic carbocycles. The maximum atomic E-state index is 11.2. The summed E-state index contributed by atoms with van der Waals surface area (Å²) in [6.07, 6.45) is 0. The van der Waals surface area contributed by atoms with Gasteiger partial charge < -0.3 is 10.1 Å². The number of ether oxygens (including phenoxy) is 1. The maximum Gasteiger partial charge on any atom is 0.337 e. The minimum atomic E-state index is -0.331. The van der Waals surface area contributed by atoms with Crippen LogP contribution in [0.1, 0.15) is 22.8 Å². The van der Waals surface area contributed by atoms with Crippen molar-refractivity contribution in [2.24, 2.45) is 5.92 Å². The molecule has 0 fully saturated rings. The lowest BCUT2D eigenvalue weighted by Crippen LogP contribution is -2.19. The van der Waals surface area contributed by atoms with Gasteiger partial charge in [0, 0.05) is 13.1 Å². The van der Waals surface area contributed by atoms with Crippen LogP contribution in [0.25, 0.3) is 0 Å². The van der Waals surface area contributed by atoms with Crippen LogP contribution in [0.15, 0.2) is 24.3 Å². The first-order chi connectivity index (χ1) is 8.17. The van der Waals surface area contributed by atoms with Gasteiger partial charge in [-0.15, -0.1) is 0 Å². The average Bonchev–Trinajstić information content (AvgIpc) is 2.38. The zero-order valence-electron chi connectivity index (χ0n) is 10.1. The van der Waals surface area contributed by atoms with E-state index in [2.05, 4.69) is 16.1 Å². The summed E-state index contributed by atoms with van der Waals surface area (Å²) in [6, 6.07) is 9.37. The van der Waals surface area contributed by atoms with Gasteiger partial charge in [-0.25, -0.2) is 4.79 Å². The highest BCUT2D eigenvalue weighted by atomic mass is 16.5. The first kappa shape index (κ1) is 13.2. The van der Waals surface area contributed by atoms with Crippen LogP contribution in [0, 0.1) is 17.2 Å². The van der Waals surface area contributed by atoms with Crippen LogP contribution in [-0.4, -0.2) is 19.6 Å². The van der Waals surface area contributed by atoms with Crippen molar-refractivity contribution < 1.29 is 9.53 Å². The third-order valence-electron chi connectivity index (χ3n) is 2.38. The number of carbonyl (C=O) groups excluding carboxylic acids is 1. The van der Waals surface area contributed by atoms with E-state index >= 15 is 0 Å². The maximum absolute atomic E-state index is 11.2. The van der Waals surface area contributed by atoms with Crippen molar-refractivity contribution in [3.05, 3.63) is 35.4 Å². The van der Waals surface area contributed by atoms with Crippen molar-refractivity contribution in [2.75, 3.05) is 13.7 Å². The summed E-state index contributed by atoms with van der Waals surface area (Å²) in [5.74, 6) is -0.327. The number of nitrogens with one attached hydrogen (secondary N) is 1. The predicted molar refractivity (Wildman–Crippen MR) is 64.3 cm³/mol. The Morgan fingerprint density at radius 1 is 1.47 bits per heavy atom. The fourth-order valence-electron chi connectivity index (χ4n) is 1.36. The summed E-state index contributed by atoms with van der Waals surface area (Å²) < 4.78 is 4.61. The normalized spacial score (nSPS) is 11.6. The second kappa shape index (κ2) is 6.66. The van der Waals surface area contributed by atoms with Gasteiger partial charge in [0.05, 0.1) is 24.7 Å². The number of rotatable bonds is 5. The zero-order chi connectivity index (χ0) is 12.7. The van der Waals surface area contributed by atoms with Gasteiger partial charge in [0.1, 0.15) is 0 Å². The van der Waals surface area contributed by atoms with Gasteiger partial charge in [0.2, 0.25) is 0 Å². The first-order valence-electron chi connectivity index (χ1n) is 5.45. The lowest BCUT2D eigenvalue weighted by molar-refractivity contribution is 0.0600. The van der Waals surface area contributed by atoms with Gasteiger partial charge >= 0.3 is 5.97 Å². The molecule has 0 radical (unpaired) electrons. The molecule has 4 heteroatoms. The third kappa shape index (κ3) is 4.25. The summed E-state index contributed by atoms with van der Waals surface area (Å²) in [7, 11) is 1.36. The summed E-state index contributed by atoms with van der Waals surface area (Å²) in [6.45, 7) is 3.22. The smallest absolute Gasteiger partial charge is 0.337 e. The van der Waals surface area contributed by atoms with Crippen LogP contribution >= 0.6 is 0 Å². The highest BCUT2D eigenvalue weighted by Crippen LogP contribution is 2.05. The molecule has 0 spiro atoms. The molecule has 1 N–H and O–H groups in total. The topological polar surface area (TPSA) is 62.1 Å². The summed E-state index contributed by atoms with van der Waals surface area (Å²) in [5, 5.41) is 11.8. The molecular formula is C13H16N2O2. The molecule has 0 aliphatic carbocycles. The largest absolute Gasteiger partial charge is 0.465 e. The van der Waals surface area contributed by atoms with Crippen LogP contribution in [0.3, 0.4) is 0 Å². The molecule has 1 aromatic rings. The van der Waals surface area contributed by atoms with E-state index in [0.717, 1.165) is 5.56 Å². The highest BCUT2D eigenvalue weighted by molar-refractivity contribution is 5.89. The fourth-order valence-corrected chi connectivity index (χ4v) is 1.36. The van der Waals surface area contributed by atoms with Crippen molar-refractivity contribution in [1.82, 2.24) is 5.32 Å². The van der Waals surface area contributed by atoms with Crippen molar-refractivity contribution in [3.63, 3.8) is 0 Å². The Morgan fingerprint density at radius 2 is 2.12 bits per heavy atom. The Bertz CT molecular complexity index is 406. The molecule has 0 aliphatic rings. The van der Waals surface area contributed by atoms with E-state index in [9.17, 15) is 4.79 Å². The standard InChI is InChI=1S/C13H16N2O2/c1-10(7-14)8-15-9-11-3-5-12(6-4-11)13(16)17-2/h3-6,10,15H,8-9H2,1-2H3. The zero-order valence-corrected chi connectivity index (χ0v) is 10.1. The second-order valence-electron chi connectivity index (χ2n) is 3.85. The van der Waals surface area contributed by atoms with E-state index < -0.39 is 0 Å². The minimum absolute atomic E-state index is 0.00402. The van der Waals surface area contributed by atoms with Crippen LogP contribution in [-0.2, 0) is 11.3 Å². The molecule has 0 saturated carbocycles. The van der Waals surface area contributed by atoms with Gasteiger partial charge in [-0.3, -0.25) is 0 Å². The monoisotopic (exact) mass is 232 g/mol. The molecule has 0 amide bonds. The van der Waals surface area contributed by atoms with E-state index in [-0.39, 0.29) is 11.9 Å². The number of nitriles is 1. The van der Waals surface area contributed by atoms with E-state index in [1.165, 1.54) is 7.11 Å². The minimum Gasteiger partial charge on any atom is -0.465 e. The lowest BCUT2D eigenvalue weighted by Gasteiger charge is -2.06. The molecule has 4 nitrogen and oxygen atoms in total. The Labute approximate surface area is 101 Å².